The summed E-state index contributed by atoms with van der Waals surface area (Å²) < 4.78 is 58.3. The first-order valence-electron chi connectivity index (χ1n) is 31.9. The molecule has 6 aliphatic heterocycles. The van der Waals surface area contributed by atoms with Gasteiger partial charge in [-0.15, -0.1) is 0 Å². The van der Waals surface area contributed by atoms with Gasteiger partial charge in [0.1, 0.15) is 23.3 Å². The molecule has 2 amide bonds. The van der Waals surface area contributed by atoms with Crippen LogP contribution in [-0.2, 0) is 30.9 Å². The van der Waals surface area contributed by atoms with E-state index in [1.165, 1.54) is 12.1 Å². The molecule has 0 saturated carbocycles. The molecule has 0 radical (unpaired) electrons. The minimum atomic E-state index is -4.25. The van der Waals surface area contributed by atoms with E-state index in [9.17, 15) is 26.4 Å². The molecule has 4 atom stereocenters. The van der Waals surface area contributed by atoms with Crippen LogP contribution in [-0.4, -0.2) is 131 Å². The number of pyridine rings is 4. The first kappa shape index (κ1) is 66.8. The van der Waals surface area contributed by atoms with Crippen molar-refractivity contribution in [3.8, 4) is 0 Å². The Balaban J connectivity index is 0.000000182. The molecule has 91 heavy (non-hydrogen) atoms. The van der Waals surface area contributed by atoms with Crippen LogP contribution in [0.1, 0.15) is 166 Å². The zero-order valence-electron chi connectivity index (χ0n) is 54.1. The number of nitrogens with one attached hydrogen (secondary N) is 5. The maximum absolute atomic E-state index is 13.7. The molecule has 4 saturated heterocycles. The van der Waals surface area contributed by atoms with Crippen LogP contribution in [0.15, 0.2) is 108 Å². The fraction of sp³-hybridized carbons (Fsp3) is 0.545. The van der Waals surface area contributed by atoms with Gasteiger partial charge in [0, 0.05) is 96.3 Å². The molecule has 5 N–H and O–H groups in total. The standard InChI is InChI=1S/C33H44N8O3S.C29H42N6O3S.C4H3ClN2/c1-32(2,3)26-13-11-24-29(37-26)41-21-22(20-33(41,4)5)10-12-25(23-14-18-40(19-15-23)31-34-16-7-17-35-31)36-27-8-6-9-28(38-27)45(43,44)39-30(24)42;1-28(2,3)23-12-10-21-26(32-23)35-18-19(17-29(35,4)5)9-11-22(20-13-15-30-16-14-20)31-24-7-6-8-25(33-24)39(37,38)34-27(21)36;5-4-6-2-1-3-7-4/h6-9,11,13,16-17,22-23,25H,10,12,14-15,18-21H2,1-5H3,(H,36,38)(H,39,42);6-8,10,12,19-20,22,30H,9,11,13-18H2,1-5H3,(H,31,33)(H,34,36);1-3H/t22-,25?;19-,22?;/m00./s1. The molecule has 12 rings (SSSR count). The summed E-state index contributed by atoms with van der Waals surface area (Å²) in [5.74, 6) is 3.09. The molecule has 25 heteroatoms. The smallest absolute Gasteiger partial charge is 0.281 e. The fourth-order valence-corrected chi connectivity index (χ4v) is 15.7. The van der Waals surface area contributed by atoms with E-state index >= 15 is 0 Å². The molecule has 6 aliphatic rings. The van der Waals surface area contributed by atoms with E-state index in [2.05, 4.69) is 139 Å². The Hall–Kier alpha value is -7.15. The lowest BCUT2D eigenvalue weighted by atomic mass is 9.84. The van der Waals surface area contributed by atoms with Gasteiger partial charge in [0.25, 0.3) is 31.9 Å². The molecule has 6 aromatic heterocycles. The summed E-state index contributed by atoms with van der Waals surface area (Å²) in [4.78, 5) is 69.0. The van der Waals surface area contributed by atoms with E-state index < -0.39 is 31.9 Å². The minimum Gasteiger partial charge on any atom is -0.367 e. The highest BCUT2D eigenvalue weighted by Gasteiger charge is 2.44. The summed E-state index contributed by atoms with van der Waals surface area (Å²) in [5.41, 5.74) is 1.24. The lowest BCUT2D eigenvalue weighted by molar-refractivity contribution is 0.0972. The molecule has 22 nitrogen and oxygen atoms in total. The van der Waals surface area contributed by atoms with Crippen LogP contribution >= 0.6 is 11.6 Å². The van der Waals surface area contributed by atoms with E-state index in [0.717, 1.165) is 121 Å². The van der Waals surface area contributed by atoms with E-state index in [-0.39, 0.29) is 55.2 Å². The van der Waals surface area contributed by atoms with Crippen molar-refractivity contribution in [3.05, 3.63) is 125 Å². The van der Waals surface area contributed by atoms with E-state index in [0.29, 0.717) is 52.2 Å². The second-order valence-electron chi connectivity index (χ2n) is 28.3. The van der Waals surface area contributed by atoms with Crippen molar-refractivity contribution in [3.63, 3.8) is 0 Å². The van der Waals surface area contributed by atoms with Crippen LogP contribution in [0, 0.1) is 23.7 Å². The number of hydrogen-bond acceptors (Lipinski definition) is 20. The van der Waals surface area contributed by atoms with Crippen LogP contribution in [0.2, 0.25) is 5.28 Å². The molecule has 6 aromatic rings. The number of amides is 2. The first-order chi connectivity index (χ1) is 43.0. The molecular weight excluding hydrogens is 1210 g/mol. The van der Waals surface area contributed by atoms with Crippen LogP contribution in [0.5, 0.6) is 0 Å². The van der Waals surface area contributed by atoms with Gasteiger partial charge in [-0.25, -0.2) is 49.3 Å². The normalized spacial score (nSPS) is 23.4. The third-order valence-electron chi connectivity index (χ3n) is 18.5. The second kappa shape index (κ2) is 27.2. The monoisotopic (exact) mass is 1300 g/mol. The van der Waals surface area contributed by atoms with Crippen molar-refractivity contribution >= 4 is 72.7 Å². The highest BCUT2D eigenvalue weighted by atomic mass is 35.5. The van der Waals surface area contributed by atoms with Crippen molar-refractivity contribution in [2.24, 2.45) is 23.7 Å². The molecule has 4 fully saturated rings. The molecule has 0 spiro atoms. The zero-order valence-corrected chi connectivity index (χ0v) is 56.5. The van der Waals surface area contributed by atoms with E-state index in [1.54, 1.807) is 67.3 Å². The third-order valence-corrected chi connectivity index (χ3v) is 21.2. The summed E-state index contributed by atoms with van der Waals surface area (Å²) in [6.45, 7) is 26.4. The van der Waals surface area contributed by atoms with Crippen molar-refractivity contribution in [1.82, 2.24) is 54.6 Å². The second-order valence-corrected chi connectivity index (χ2v) is 31.9. The first-order valence-corrected chi connectivity index (χ1v) is 35.2. The molecule has 0 aromatic carbocycles. The topological polar surface area (TPSA) is 275 Å². The Morgan fingerprint density at radius 1 is 0.516 bits per heavy atom. The lowest BCUT2D eigenvalue weighted by Gasteiger charge is -2.37. The minimum absolute atomic E-state index is 0.101. The highest BCUT2D eigenvalue weighted by molar-refractivity contribution is 7.90. The lowest BCUT2D eigenvalue weighted by Crippen LogP contribution is -2.41. The number of nitrogens with zero attached hydrogens (tertiary/aromatic N) is 11. The Labute approximate surface area is 541 Å². The number of anilines is 5. The number of aromatic nitrogens is 8. The highest BCUT2D eigenvalue weighted by Crippen LogP contribution is 2.43. The van der Waals surface area contributed by atoms with Gasteiger partial charge in [-0.05, 0) is 201 Å². The number of fused-ring (bicyclic) bond motifs is 12. The fourth-order valence-electron chi connectivity index (χ4n) is 13.7. The number of rotatable bonds is 3. The summed E-state index contributed by atoms with van der Waals surface area (Å²) in [6.07, 6.45) is 16.6. The maximum Gasteiger partial charge on any atom is 0.281 e. The van der Waals surface area contributed by atoms with Crippen LogP contribution in [0.4, 0.5) is 29.2 Å². The SMILES string of the molecule is CC(C)(C)c1ccc2c(n1)N1C[C@@H](CCC(C3CCN(c4ncccn4)CC3)Nc3cccc(n3)S(=O)(=O)NC2=O)CC1(C)C.CC(C)(C)c1ccc2c(n1)N1C[C@@H](CCC(C3CCNCC3)Nc3cccc(n3)S(=O)(=O)NC2=O)CC1(C)C.Clc1ncccn1. The van der Waals surface area contributed by atoms with Gasteiger partial charge >= 0.3 is 0 Å². The average molecular weight is 1300 g/mol. The number of hydrogen-bond donors (Lipinski definition) is 5. The molecule has 12 heterocycles. The largest absolute Gasteiger partial charge is 0.367 e. The van der Waals surface area contributed by atoms with Crippen LogP contribution < -0.4 is 40.1 Å². The van der Waals surface area contributed by atoms with E-state index in [1.807, 2.05) is 18.2 Å². The molecule has 488 valence electrons. The number of piperidine rings is 2. The number of carbonyl (C=O) groups excluding carboxylic acids is 2. The third kappa shape index (κ3) is 16.2. The molecule has 8 bridgehead atoms. The van der Waals surface area contributed by atoms with Gasteiger partial charge in [-0.3, -0.25) is 9.59 Å². The van der Waals surface area contributed by atoms with Crippen molar-refractivity contribution in [2.45, 2.75) is 177 Å². The molecule has 0 aliphatic carbocycles. The van der Waals surface area contributed by atoms with E-state index in [4.69, 9.17) is 21.6 Å². The quantitative estimate of drug-likeness (QED) is 0.103. The molecule has 2 unspecified atom stereocenters. The zero-order chi connectivity index (χ0) is 65.1. The predicted molar refractivity (Wildman–Crippen MR) is 356 cm³/mol. The van der Waals surface area contributed by atoms with Gasteiger partial charge in [0.05, 0.1) is 11.1 Å². The molecular formula is C66H89ClN16O6S2. The number of halogens is 1. The van der Waals surface area contributed by atoms with Gasteiger partial charge in [0.2, 0.25) is 11.2 Å². The van der Waals surface area contributed by atoms with Crippen LogP contribution in [0.3, 0.4) is 0 Å². The Morgan fingerprint density at radius 3 is 1.34 bits per heavy atom. The summed E-state index contributed by atoms with van der Waals surface area (Å²) in [5, 5.41) is 10.6. The summed E-state index contributed by atoms with van der Waals surface area (Å²) >= 11 is 5.32. The maximum atomic E-state index is 13.7. The van der Waals surface area contributed by atoms with Gasteiger partial charge in [-0.2, -0.15) is 16.8 Å². The Kier molecular flexibility index (Phi) is 20.0. The Bertz CT molecular complexity index is 3770. The van der Waals surface area contributed by atoms with Crippen molar-refractivity contribution in [2.75, 3.05) is 64.6 Å². The number of carbonyl (C=O) groups is 2. The van der Waals surface area contributed by atoms with Gasteiger partial charge < -0.3 is 30.7 Å². The number of sulfonamides is 2. The predicted octanol–water partition coefficient (Wildman–Crippen LogP) is 9.98. The average Bonchev–Trinajstić information content (AvgIpc) is 1.76. The van der Waals surface area contributed by atoms with Crippen molar-refractivity contribution in [1.29, 1.82) is 0 Å². The van der Waals surface area contributed by atoms with Crippen molar-refractivity contribution < 1.29 is 26.4 Å². The Morgan fingerprint density at radius 2 is 0.934 bits per heavy atom. The van der Waals surface area contributed by atoms with Crippen LogP contribution in [0.25, 0.3) is 0 Å². The van der Waals surface area contributed by atoms with Gasteiger partial charge in [-0.1, -0.05) is 53.7 Å². The summed E-state index contributed by atoms with van der Waals surface area (Å²) in [6, 6.07) is 20.7. The summed E-state index contributed by atoms with van der Waals surface area (Å²) in [7, 11) is -8.45. The van der Waals surface area contributed by atoms with Gasteiger partial charge in [0.15, 0.2) is 10.1 Å².